The number of carbonyl (C=O) groups excluding carboxylic acids is 1. The fourth-order valence-corrected chi connectivity index (χ4v) is 5.90. The molecular formula is C24H24ClN2OPRu. The summed E-state index contributed by atoms with van der Waals surface area (Å²) >= 11 is 1.82. The van der Waals surface area contributed by atoms with Crippen LogP contribution >= 0.6 is 17.6 Å². The van der Waals surface area contributed by atoms with Crippen LogP contribution in [0, 0.1) is 0 Å². The fourth-order valence-electron chi connectivity index (χ4n) is 3.69. The predicted molar refractivity (Wildman–Crippen MR) is 126 cm³/mol. The Hall–Kier alpha value is -1.73. The van der Waals surface area contributed by atoms with E-state index in [1.165, 1.54) is 16.2 Å². The minimum atomic E-state index is -0.415. The number of halogens is 1. The van der Waals surface area contributed by atoms with Crippen LogP contribution in [0.4, 0.5) is 11.4 Å². The van der Waals surface area contributed by atoms with E-state index in [4.69, 9.17) is 0 Å². The van der Waals surface area contributed by atoms with Crippen molar-refractivity contribution >= 4 is 45.9 Å². The van der Waals surface area contributed by atoms with Gasteiger partial charge in [-0.25, -0.2) is 6.29 Å². The first kappa shape index (κ1) is 22.9. The van der Waals surface area contributed by atoms with Gasteiger partial charge in [-0.3, -0.25) is 0 Å². The van der Waals surface area contributed by atoms with Crippen molar-refractivity contribution in [2.24, 2.45) is 0 Å². The first-order valence-corrected chi connectivity index (χ1v) is 13.6. The van der Waals surface area contributed by atoms with Crippen molar-refractivity contribution in [1.82, 2.24) is 0 Å². The Morgan fingerprint density at radius 2 is 1.60 bits per heavy atom. The van der Waals surface area contributed by atoms with E-state index in [0.717, 1.165) is 36.9 Å². The zero-order valence-electron chi connectivity index (χ0n) is 16.5. The first-order chi connectivity index (χ1) is 14.8. The van der Waals surface area contributed by atoms with E-state index in [9.17, 15) is 4.79 Å². The van der Waals surface area contributed by atoms with Gasteiger partial charge in [-0.15, -0.1) is 0 Å². The molecule has 0 saturated heterocycles. The molecule has 0 fully saturated rings. The van der Waals surface area contributed by atoms with Gasteiger partial charge in [0.1, 0.15) is 0 Å². The maximum atomic E-state index is 11.1. The summed E-state index contributed by atoms with van der Waals surface area (Å²) in [7, 11) is 4.15. The molecule has 1 unspecified atom stereocenters. The van der Waals surface area contributed by atoms with Crippen LogP contribution in [0.5, 0.6) is 0 Å². The van der Waals surface area contributed by atoms with Gasteiger partial charge in [0.15, 0.2) is 0 Å². The zero-order chi connectivity index (χ0) is 21.2. The summed E-state index contributed by atoms with van der Waals surface area (Å²) in [6, 6.07) is 27.7. The van der Waals surface area contributed by atoms with Gasteiger partial charge in [0.2, 0.25) is 0 Å². The van der Waals surface area contributed by atoms with E-state index >= 15 is 0 Å². The van der Waals surface area contributed by atoms with Crippen LogP contribution in [0.2, 0.25) is 0 Å². The van der Waals surface area contributed by atoms with Crippen molar-refractivity contribution in [3.63, 3.8) is 0 Å². The number of rotatable bonds is 7. The van der Waals surface area contributed by atoms with Crippen molar-refractivity contribution in [3.8, 4) is 0 Å². The third-order valence-corrected chi connectivity index (χ3v) is 7.61. The molecule has 4 rings (SSSR count). The van der Waals surface area contributed by atoms with Gasteiger partial charge >= 0.3 is 27.0 Å². The van der Waals surface area contributed by atoms with E-state index in [1.807, 2.05) is 17.3 Å². The average Bonchev–Trinajstić information content (AvgIpc) is 2.84. The molecule has 156 valence electrons. The topological polar surface area (TPSA) is 41.1 Å². The summed E-state index contributed by atoms with van der Waals surface area (Å²) in [5.74, 6) is 0. The molecule has 6 heteroatoms. The van der Waals surface area contributed by atoms with Crippen molar-refractivity contribution in [3.05, 3.63) is 84.4 Å². The molecule has 1 aliphatic rings. The quantitative estimate of drug-likeness (QED) is 0.267. The SMILES string of the molecule is O=[C-]C1CCc2cccc(NCCP(c3ccccc3)c3ccccc3)c2N1.[Cl][Ru+]. The number of benzene rings is 3. The molecule has 0 bridgehead atoms. The van der Waals surface area contributed by atoms with E-state index in [-0.39, 0.29) is 6.04 Å². The number of para-hydroxylation sites is 1. The summed E-state index contributed by atoms with van der Waals surface area (Å²) in [5.41, 5.74) is 3.41. The molecule has 0 radical (unpaired) electrons. The Morgan fingerprint density at radius 3 is 2.20 bits per heavy atom. The molecule has 0 aliphatic carbocycles. The normalized spacial score (nSPS) is 14.7. The van der Waals surface area contributed by atoms with E-state index < -0.39 is 7.92 Å². The molecule has 1 aliphatic heterocycles. The van der Waals surface area contributed by atoms with Gasteiger partial charge in [-0.1, -0.05) is 85.3 Å². The first-order valence-electron chi connectivity index (χ1n) is 9.86. The van der Waals surface area contributed by atoms with E-state index in [2.05, 4.69) is 105 Å². The van der Waals surface area contributed by atoms with Gasteiger partial charge < -0.3 is 15.4 Å². The van der Waals surface area contributed by atoms with E-state index in [0.29, 0.717) is 0 Å². The molecule has 2 N–H and O–H groups in total. The van der Waals surface area contributed by atoms with Gasteiger partial charge in [0.05, 0.1) is 11.4 Å². The molecular weight excluding hydrogens is 500 g/mol. The van der Waals surface area contributed by atoms with Crippen molar-refractivity contribution < 1.29 is 22.1 Å². The van der Waals surface area contributed by atoms with Crippen LogP contribution in [0.25, 0.3) is 0 Å². The molecule has 0 saturated carbocycles. The number of hydrogen-bond acceptors (Lipinski definition) is 3. The molecule has 0 aromatic heterocycles. The molecule has 3 nitrogen and oxygen atoms in total. The Balaban J connectivity index is 0.00000124. The Labute approximate surface area is 194 Å². The van der Waals surface area contributed by atoms with Crippen molar-refractivity contribution in [2.75, 3.05) is 23.3 Å². The second-order valence-electron chi connectivity index (χ2n) is 6.94. The summed E-state index contributed by atoms with van der Waals surface area (Å²) in [6.07, 6.45) is 4.88. The van der Waals surface area contributed by atoms with Crippen LogP contribution in [-0.2, 0) is 28.5 Å². The molecule has 3 aromatic carbocycles. The molecule has 1 atom stereocenters. The summed E-state index contributed by atoms with van der Waals surface area (Å²) in [6.45, 7) is 0.878. The van der Waals surface area contributed by atoms with Crippen LogP contribution in [0.15, 0.2) is 78.9 Å². The number of fused-ring (bicyclic) bond motifs is 1. The van der Waals surface area contributed by atoms with Crippen LogP contribution in [-0.4, -0.2) is 25.0 Å². The Morgan fingerprint density at radius 1 is 0.967 bits per heavy atom. The number of anilines is 2. The number of nitrogens with one attached hydrogen (secondary N) is 2. The minimum absolute atomic E-state index is 0.207. The summed E-state index contributed by atoms with van der Waals surface area (Å²) < 4.78 is 0. The fraction of sp³-hybridized carbons (Fsp3) is 0.208. The Bertz CT molecular complexity index is 888. The predicted octanol–water partition coefficient (Wildman–Crippen LogP) is 4.75. The molecule has 0 amide bonds. The van der Waals surface area contributed by atoms with Crippen molar-refractivity contribution in [2.45, 2.75) is 18.9 Å². The molecule has 3 aromatic rings. The third kappa shape index (κ3) is 5.91. The van der Waals surface area contributed by atoms with Gasteiger partial charge in [0.25, 0.3) is 0 Å². The standard InChI is InChI=1S/C24H24N2OP.ClH.Ru/c27-18-20-15-14-19-8-7-13-23(24(19)26-20)25-16-17-28(21-9-3-1-4-10-21)22-11-5-2-6-12-22;;/h1-13,20,25-26H,14-17H2;1H;/q-1;;+2/p-1. The van der Waals surface area contributed by atoms with Crippen LogP contribution < -0.4 is 21.2 Å². The third-order valence-electron chi connectivity index (χ3n) is 5.10. The average molecular weight is 524 g/mol. The maximum absolute atomic E-state index is 11.1. The van der Waals surface area contributed by atoms with Gasteiger partial charge in [0, 0.05) is 6.54 Å². The summed E-state index contributed by atoms with van der Waals surface area (Å²) in [5, 5.41) is 9.74. The van der Waals surface area contributed by atoms with Crippen LogP contribution in [0.1, 0.15) is 12.0 Å². The number of hydrogen-bond donors (Lipinski definition) is 2. The molecule has 0 spiro atoms. The summed E-state index contributed by atoms with van der Waals surface area (Å²) in [4.78, 5) is 11.1. The zero-order valence-corrected chi connectivity index (χ0v) is 19.9. The van der Waals surface area contributed by atoms with Gasteiger partial charge in [-0.05, 0) is 42.7 Å². The molecule has 1 heterocycles. The second kappa shape index (κ2) is 12.2. The Kier molecular flexibility index (Phi) is 9.34. The van der Waals surface area contributed by atoms with E-state index in [1.54, 1.807) is 0 Å². The van der Waals surface area contributed by atoms with Crippen molar-refractivity contribution in [1.29, 1.82) is 0 Å². The van der Waals surface area contributed by atoms with Crippen LogP contribution in [0.3, 0.4) is 0 Å². The number of aryl methyl sites for hydroxylation is 1. The van der Waals surface area contributed by atoms with Gasteiger partial charge in [-0.2, -0.15) is 0 Å². The second-order valence-corrected chi connectivity index (χ2v) is 9.28. The molecule has 30 heavy (non-hydrogen) atoms. The monoisotopic (exact) mass is 524 g/mol.